The fourth-order valence-corrected chi connectivity index (χ4v) is 5.45. The van der Waals surface area contributed by atoms with Crippen LogP contribution >= 0.6 is 0 Å². The van der Waals surface area contributed by atoms with Gasteiger partial charge < -0.3 is 14.8 Å². The molecule has 1 heterocycles. The molecule has 0 saturated carbocycles. The predicted octanol–water partition coefficient (Wildman–Crippen LogP) is 4.04. The minimum absolute atomic E-state index is 0.0649. The van der Waals surface area contributed by atoms with E-state index in [4.69, 9.17) is 9.47 Å². The minimum Gasteiger partial charge on any atom is -0.493 e. The zero-order valence-electron chi connectivity index (χ0n) is 19.3. The highest BCUT2D eigenvalue weighted by molar-refractivity contribution is 7.89. The first-order valence-electron chi connectivity index (χ1n) is 10.7. The maximum atomic E-state index is 13.1. The van der Waals surface area contributed by atoms with Crippen LogP contribution in [0.25, 0.3) is 0 Å². The Balaban J connectivity index is 1.68. The monoisotopic (exact) mass is 460 g/mol. The Labute approximate surface area is 190 Å². The summed E-state index contributed by atoms with van der Waals surface area (Å²) in [6.45, 7) is 6.89. The number of carbonyl (C=O) groups excluding carboxylic acids is 1. The number of para-hydroxylation sites is 1. The summed E-state index contributed by atoms with van der Waals surface area (Å²) >= 11 is 0. The minimum atomic E-state index is -3.69. The normalized spacial score (nSPS) is 15.9. The van der Waals surface area contributed by atoms with Crippen molar-refractivity contribution in [2.24, 2.45) is 5.92 Å². The molecule has 8 heteroatoms. The molecule has 2 aromatic rings. The quantitative estimate of drug-likeness (QED) is 0.703. The van der Waals surface area contributed by atoms with Gasteiger partial charge in [0, 0.05) is 30.8 Å². The number of anilines is 1. The Morgan fingerprint density at radius 2 is 1.62 bits per heavy atom. The van der Waals surface area contributed by atoms with E-state index in [0.29, 0.717) is 24.3 Å². The summed E-state index contributed by atoms with van der Waals surface area (Å²) in [5, 5.41) is 3.06. The molecule has 1 amide bonds. The van der Waals surface area contributed by atoms with Crippen LogP contribution in [0.2, 0.25) is 0 Å². The van der Waals surface area contributed by atoms with Gasteiger partial charge in [0.2, 0.25) is 15.9 Å². The summed E-state index contributed by atoms with van der Waals surface area (Å²) in [7, 11) is -0.717. The molecule has 2 aromatic carbocycles. The molecule has 7 nitrogen and oxygen atoms in total. The van der Waals surface area contributed by atoms with Crippen molar-refractivity contribution in [2.75, 3.05) is 32.6 Å². The van der Waals surface area contributed by atoms with Gasteiger partial charge in [0.15, 0.2) is 11.5 Å². The number of methoxy groups -OCH3 is 2. The lowest BCUT2D eigenvalue weighted by atomic mass is 9.85. The second kappa shape index (κ2) is 9.50. The molecule has 1 saturated heterocycles. The first kappa shape index (κ1) is 24.1. The molecular weight excluding hydrogens is 428 g/mol. The lowest BCUT2D eigenvalue weighted by Crippen LogP contribution is -2.41. The maximum absolute atomic E-state index is 13.1. The first-order chi connectivity index (χ1) is 15.1. The Morgan fingerprint density at radius 1 is 1.00 bits per heavy atom. The molecule has 1 fully saturated rings. The van der Waals surface area contributed by atoms with E-state index in [0.717, 1.165) is 11.3 Å². The number of hydrogen-bond donors (Lipinski definition) is 1. The lowest BCUT2D eigenvalue weighted by Gasteiger charge is -2.31. The average molecular weight is 461 g/mol. The SMILES string of the molecule is COc1ccc(S(=O)(=O)N2CCC(C(=O)Nc3ccccc3C(C)(C)C)CC2)cc1OC. The summed E-state index contributed by atoms with van der Waals surface area (Å²) in [5.74, 6) is 0.530. The van der Waals surface area contributed by atoms with Gasteiger partial charge in [-0.15, -0.1) is 0 Å². The number of hydrogen-bond acceptors (Lipinski definition) is 5. The van der Waals surface area contributed by atoms with Crippen LogP contribution in [0.4, 0.5) is 5.69 Å². The fraction of sp³-hybridized carbons (Fsp3) is 0.458. The molecule has 1 aliphatic heterocycles. The molecule has 0 bridgehead atoms. The van der Waals surface area contributed by atoms with E-state index in [1.165, 1.54) is 30.7 Å². The van der Waals surface area contributed by atoms with Gasteiger partial charge in [-0.25, -0.2) is 8.42 Å². The number of nitrogens with one attached hydrogen (secondary N) is 1. The van der Waals surface area contributed by atoms with Gasteiger partial charge in [-0.05, 0) is 42.0 Å². The van der Waals surface area contributed by atoms with Crippen LogP contribution in [-0.4, -0.2) is 45.9 Å². The lowest BCUT2D eigenvalue weighted by molar-refractivity contribution is -0.120. The second-order valence-corrected chi connectivity index (χ2v) is 10.9. The molecular formula is C24H32N2O5S. The highest BCUT2D eigenvalue weighted by atomic mass is 32.2. The van der Waals surface area contributed by atoms with Gasteiger partial charge in [-0.2, -0.15) is 4.31 Å². The van der Waals surface area contributed by atoms with Crippen molar-refractivity contribution in [3.63, 3.8) is 0 Å². The van der Waals surface area contributed by atoms with Crippen LogP contribution in [0.1, 0.15) is 39.2 Å². The van der Waals surface area contributed by atoms with Crippen molar-refractivity contribution in [1.29, 1.82) is 0 Å². The van der Waals surface area contributed by atoms with Gasteiger partial charge in [-0.3, -0.25) is 4.79 Å². The number of piperidine rings is 1. The van der Waals surface area contributed by atoms with E-state index in [9.17, 15) is 13.2 Å². The van der Waals surface area contributed by atoms with Gasteiger partial charge in [0.25, 0.3) is 0 Å². The molecule has 0 spiro atoms. The van der Waals surface area contributed by atoms with Crippen molar-refractivity contribution >= 4 is 21.6 Å². The van der Waals surface area contributed by atoms with E-state index in [2.05, 4.69) is 26.1 Å². The summed E-state index contributed by atoms with van der Waals surface area (Å²) in [6.07, 6.45) is 0.937. The molecule has 0 aromatic heterocycles. The summed E-state index contributed by atoms with van der Waals surface area (Å²) in [4.78, 5) is 13.1. The van der Waals surface area contributed by atoms with Gasteiger partial charge in [-0.1, -0.05) is 39.0 Å². The Bertz CT molecular complexity index is 1070. The van der Waals surface area contributed by atoms with Crippen LogP contribution in [-0.2, 0) is 20.2 Å². The average Bonchev–Trinajstić information content (AvgIpc) is 2.78. The van der Waals surface area contributed by atoms with E-state index in [1.54, 1.807) is 6.07 Å². The highest BCUT2D eigenvalue weighted by Crippen LogP contribution is 2.33. The second-order valence-electron chi connectivity index (χ2n) is 8.98. The Morgan fingerprint density at radius 3 is 2.22 bits per heavy atom. The number of amides is 1. The van der Waals surface area contributed by atoms with Gasteiger partial charge in [0.05, 0.1) is 19.1 Å². The number of benzene rings is 2. The Kier molecular flexibility index (Phi) is 7.15. The molecule has 174 valence electrons. The zero-order valence-corrected chi connectivity index (χ0v) is 20.2. The molecule has 0 atom stereocenters. The smallest absolute Gasteiger partial charge is 0.243 e. The van der Waals surface area contributed by atoms with Gasteiger partial charge >= 0.3 is 0 Å². The topological polar surface area (TPSA) is 84.9 Å². The van der Waals surface area contributed by atoms with Crippen molar-refractivity contribution in [1.82, 2.24) is 4.31 Å². The Hall–Kier alpha value is -2.58. The molecule has 1 N–H and O–H groups in total. The third-order valence-electron chi connectivity index (χ3n) is 5.81. The van der Waals surface area contributed by atoms with Crippen molar-refractivity contribution < 1.29 is 22.7 Å². The molecule has 0 unspecified atom stereocenters. The highest BCUT2D eigenvalue weighted by Gasteiger charge is 2.33. The molecule has 0 radical (unpaired) electrons. The number of sulfonamides is 1. The first-order valence-corrected chi connectivity index (χ1v) is 12.1. The summed E-state index contributed by atoms with van der Waals surface area (Å²) in [5.41, 5.74) is 1.79. The summed E-state index contributed by atoms with van der Waals surface area (Å²) < 4.78 is 38.1. The molecule has 1 aliphatic rings. The van der Waals surface area contributed by atoms with E-state index in [-0.39, 0.29) is 35.2 Å². The van der Waals surface area contributed by atoms with Crippen LogP contribution in [0.5, 0.6) is 11.5 Å². The molecule has 3 rings (SSSR count). The third-order valence-corrected chi connectivity index (χ3v) is 7.71. The fourth-order valence-electron chi connectivity index (χ4n) is 3.97. The number of rotatable bonds is 6. The molecule has 0 aliphatic carbocycles. The predicted molar refractivity (Wildman–Crippen MR) is 125 cm³/mol. The summed E-state index contributed by atoms with van der Waals surface area (Å²) in [6, 6.07) is 12.4. The maximum Gasteiger partial charge on any atom is 0.243 e. The van der Waals surface area contributed by atoms with E-state index >= 15 is 0 Å². The standard InChI is InChI=1S/C24H32N2O5S/c1-24(2,3)19-8-6-7-9-20(19)25-23(27)17-12-14-26(15-13-17)32(28,29)18-10-11-21(30-4)22(16-18)31-5/h6-11,16-17H,12-15H2,1-5H3,(H,25,27). The van der Waals surface area contributed by atoms with Crippen molar-refractivity contribution in [3.8, 4) is 11.5 Å². The number of carbonyl (C=O) groups is 1. The zero-order chi connectivity index (χ0) is 23.5. The van der Waals surface area contributed by atoms with E-state index in [1.807, 2.05) is 24.3 Å². The van der Waals surface area contributed by atoms with E-state index < -0.39 is 10.0 Å². The number of ether oxygens (including phenoxy) is 2. The van der Waals surface area contributed by atoms with Crippen molar-refractivity contribution in [3.05, 3.63) is 48.0 Å². The van der Waals surface area contributed by atoms with Crippen LogP contribution in [0.3, 0.4) is 0 Å². The van der Waals surface area contributed by atoms with Crippen LogP contribution in [0.15, 0.2) is 47.4 Å². The third kappa shape index (κ3) is 5.07. The van der Waals surface area contributed by atoms with Crippen LogP contribution in [0, 0.1) is 5.92 Å². The van der Waals surface area contributed by atoms with Crippen molar-refractivity contribution in [2.45, 2.75) is 43.9 Å². The number of nitrogens with zero attached hydrogens (tertiary/aromatic N) is 1. The molecule has 32 heavy (non-hydrogen) atoms. The largest absolute Gasteiger partial charge is 0.493 e. The van der Waals surface area contributed by atoms with Gasteiger partial charge in [0.1, 0.15) is 0 Å². The van der Waals surface area contributed by atoms with Crippen LogP contribution < -0.4 is 14.8 Å².